The number of aryl methyl sites for hydroxylation is 1. The second-order valence-electron chi connectivity index (χ2n) is 6.30. The Hall–Kier alpha value is -2.83. The van der Waals surface area contributed by atoms with Crippen molar-refractivity contribution in [3.63, 3.8) is 0 Å². The highest BCUT2D eigenvalue weighted by Gasteiger charge is 2.24. The van der Waals surface area contributed by atoms with Crippen LogP contribution in [0.5, 0.6) is 0 Å². The second kappa shape index (κ2) is 7.38. The lowest BCUT2D eigenvalue weighted by molar-refractivity contribution is 0.0683. The van der Waals surface area contributed by atoms with Gasteiger partial charge in [0.15, 0.2) is 0 Å². The lowest BCUT2D eigenvalue weighted by atomic mass is 9.96. The Kier molecular flexibility index (Phi) is 5.02. The number of hydrogen-bond donors (Lipinski definition) is 1. The van der Waals surface area contributed by atoms with Crippen molar-refractivity contribution in [2.45, 2.75) is 12.8 Å². The maximum Gasteiger partial charge on any atom is 0.263 e. The molecule has 1 aliphatic rings. The summed E-state index contributed by atoms with van der Waals surface area (Å²) in [7, 11) is 1.62. The van der Waals surface area contributed by atoms with Gasteiger partial charge < -0.3 is 19.2 Å². The van der Waals surface area contributed by atoms with Crippen LogP contribution in [-0.2, 0) is 7.05 Å². The van der Waals surface area contributed by atoms with Crippen LogP contribution in [0.2, 0.25) is 0 Å². The van der Waals surface area contributed by atoms with Crippen molar-refractivity contribution >= 4 is 11.8 Å². The van der Waals surface area contributed by atoms with Crippen LogP contribution in [0.15, 0.2) is 46.1 Å². The molecule has 0 saturated carbocycles. The first-order chi connectivity index (χ1) is 12.1. The lowest BCUT2D eigenvalue weighted by Crippen LogP contribution is -2.42. The SMILES string of the molecule is Cn1cccc(C(=O)NCC2CCN(C(=O)c3ccoc3)CC2)c1=O. The van der Waals surface area contributed by atoms with Gasteiger partial charge in [0.1, 0.15) is 11.8 Å². The quantitative estimate of drug-likeness (QED) is 0.906. The number of aromatic nitrogens is 1. The van der Waals surface area contributed by atoms with E-state index in [9.17, 15) is 14.4 Å². The van der Waals surface area contributed by atoms with Crippen LogP contribution in [0.3, 0.4) is 0 Å². The van der Waals surface area contributed by atoms with Crippen molar-refractivity contribution in [3.05, 3.63) is 58.4 Å². The van der Waals surface area contributed by atoms with Crippen molar-refractivity contribution in [2.75, 3.05) is 19.6 Å². The summed E-state index contributed by atoms with van der Waals surface area (Å²) >= 11 is 0. The number of nitrogens with one attached hydrogen (secondary N) is 1. The molecule has 3 rings (SSSR count). The van der Waals surface area contributed by atoms with Gasteiger partial charge in [-0.1, -0.05) is 0 Å². The minimum absolute atomic E-state index is 0.0241. The maximum absolute atomic E-state index is 12.2. The zero-order valence-corrected chi connectivity index (χ0v) is 14.1. The van der Waals surface area contributed by atoms with E-state index < -0.39 is 0 Å². The Balaban J connectivity index is 1.49. The van der Waals surface area contributed by atoms with E-state index in [4.69, 9.17) is 4.42 Å². The molecule has 0 aromatic carbocycles. The number of pyridine rings is 1. The number of furan rings is 1. The Morgan fingerprint density at radius 1 is 1.28 bits per heavy atom. The van der Waals surface area contributed by atoms with E-state index in [0.717, 1.165) is 12.8 Å². The summed E-state index contributed by atoms with van der Waals surface area (Å²) in [5, 5.41) is 2.84. The number of piperidine rings is 1. The number of amides is 2. The van der Waals surface area contributed by atoms with Crippen molar-refractivity contribution in [3.8, 4) is 0 Å². The van der Waals surface area contributed by atoms with Crippen LogP contribution in [-0.4, -0.2) is 40.9 Å². The molecule has 0 radical (unpaired) electrons. The van der Waals surface area contributed by atoms with Gasteiger partial charge in [-0.15, -0.1) is 0 Å². The number of nitrogens with zero attached hydrogens (tertiary/aromatic N) is 2. The van der Waals surface area contributed by atoms with Gasteiger partial charge in [-0.2, -0.15) is 0 Å². The molecule has 25 heavy (non-hydrogen) atoms. The molecular formula is C18H21N3O4. The molecule has 1 N–H and O–H groups in total. The van der Waals surface area contributed by atoms with E-state index in [-0.39, 0.29) is 22.9 Å². The lowest BCUT2D eigenvalue weighted by Gasteiger charge is -2.31. The predicted molar refractivity (Wildman–Crippen MR) is 91.4 cm³/mol. The van der Waals surface area contributed by atoms with Gasteiger partial charge in [0.2, 0.25) is 0 Å². The molecule has 1 saturated heterocycles. The average molecular weight is 343 g/mol. The average Bonchev–Trinajstić information content (AvgIpc) is 3.16. The molecule has 0 atom stereocenters. The molecule has 3 heterocycles. The van der Waals surface area contributed by atoms with Crippen molar-refractivity contribution < 1.29 is 14.0 Å². The first-order valence-electron chi connectivity index (χ1n) is 8.31. The molecule has 7 heteroatoms. The minimum atomic E-state index is -0.349. The third-order valence-corrected chi connectivity index (χ3v) is 4.59. The van der Waals surface area contributed by atoms with Crippen molar-refractivity contribution in [1.82, 2.24) is 14.8 Å². The Bertz CT molecular complexity index is 802. The number of carbonyl (C=O) groups excluding carboxylic acids is 2. The Morgan fingerprint density at radius 2 is 2.04 bits per heavy atom. The third kappa shape index (κ3) is 3.81. The Labute approximate surface area is 145 Å². The molecule has 2 aromatic rings. The highest BCUT2D eigenvalue weighted by atomic mass is 16.3. The minimum Gasteiger partial charge on any atom is -0.472 e. The van der Waals surface area contributed by atoms with Gasteiger partial charge in [0.25, 0.3) is 17.4 Å². The van der Waals surface area contributed by atoms with Crippen molar-refractivity contribution in [2.24, 2.45) is 13.0 Å². The molecule has 7 nitrogen and oxygen atoms in total. The Morgan fingerprint density at radius 3 is 2.72 bits per heavy atom. The molecule has 2 amide bonds. The summed E-state index contributed by atoms with van der Waals surface area (Å²) in [5.41, 5.74) is 0.407. The van der Waals surface area contributed by atoms with E-state index in [0.29, 0.717) is 31.1 Å². The van der Waals surface area contributed by atoms with Crippen LogP contribution in [0.4, 0.5) is 0 Å². The fourth-order valence-electron chi connectivity index (χ4n) is 3.01. The van der Waals surface area contributed by atoms with Gasteiger partial charge >= 0.3 is 0 Å². The number of likely N-dealkylation sites (tertiary alicyclic amines) is 1. The summed E-state index contributed by atoms with van der Waals surface area (Å²) in [6.45, 7) is 1.81. The molecule has 0 aliphatic carbocycles. The normalized spacial score (nSPS) is 15.2. The summed E-state index contributed by atoms with van der Waals surface area (Å²) in [6.07, 6.45) is 6.19. The largest absolute Gasteiger partial charge is 0.472 e. The van der Waals surface area contributed by atoms with E-state index in [1.807, 2.05) is 0 Å². The molecule has 0 spiro atoms. The predicted octanol–water partition coefficient (Wildman–Crippen LogP) is 1.26. The number of hydrogen-bond acceptors (Lipinski definition) is 4. The first kappa shape index (κ1) is 17.0. The molecular weight excluding hydrogens is 322 g/mol. The zero-order chi connectivity index (χ0) is 17.8. The zero-order valence-electron chi connectivity index (χ0n) is 14.1. The van der Waals surface area contributed by atoms with Crippen molar-refractivity contribution in [1.29, 1.82) is 0 Å². The van der Waals surface area contributed by atoms with E-state index >= 15 is 0 Å². The summed E-state index contributed by atoms with van der Waals surface area (Å²) in [5.74, 6) is -0.0768. The standard InChI is InChI=1S/C18H21N3O4/c1-20-7-2-3-15(18(20)24)16(22)19-11-13-4-8-21(9-5-13)17(23)14-6-10-25-12-14/h2-3,6-7,10,12-13H,4-5,8-9,11H2,1H3,(H,19,22). The van der Waals surface area contributed by atoms with Gasteiger partial charge in [-0.25, -0.2) is 0 Å². The van der Waals surface area contributed by atoms with Gasteiger partial charge in [-0.3, -0.25) is 14.4 Å². The first-order valence-corrected chi connectivity index (χ1v) is 8.31. The van der Waals surface area contributed by atoms with Gasteiger partial charge in [0.05, 0.1) is 11.8 Å². The van der Waals surface area contributed by atoms with E-state index in [1.54, 1.807) is 30.3 Å². The molecule has 0 bridgehead atoms. The molecule has 0 unspecified atom stereocenters. The molecule has 1 fully saturated rings. The fraction of sp³-hybridized carbons (Fsp3) is 0.389. The van der Waals surface area contributed by atoms with Crippen LogP contribution in [0, 0.1) is 5.92 Å². The highest BCUT2D eigenvalue weighted by molar-refractivity contribution is 5.94. The number of carbonyl (C=O) groups is 2. The van der Waals surface area contributed by atoms with E-state index in [1.165, 1.54) is 23.2 Å². The summed E-state index contributed by atoms with van der Waals surface area (Å²) < 4.78 is 6.33. The smallest absolute Gasteiger partial charge is 0.263 e. The van der Waals surface area contributed by atoms with Gasteiger partial charge in [0, 0.05) is 32.9 Å². The molecule has 1 aliphatic heterocycles. The topological polar surface area (TPSA) is 84.6 Å². The van der Waals surface area contributed by atoms with Crippen LogP contribution in [0.25, 0.3) is 0 Å². The van der Waals surface area contributed by atoms with Crippen LogP contribution < -0.4 is 10.9 Å². The van der Waals surface area contributed by atoms with E-state index in [2.05, 4.69) is 5.32 Å². The summed E-state index contributed by atoms with van der Waals surface area (Å²) in [6, 6.07) is 4.87. The van der Waals surface area contributed by atoms with Crippen LogP contribution in [0.1, 0.15) is 33.6 Å². The highest BCUT2D eigenvalue weighted by Crippen LogP contribution is 2.18. The maximum atomic E-state index is 12.2. The molecule has 2 aromatic heterocycles. The second-order valence-corrected chi connectivity index (χ2v) is 6.30. The summed E-state index contributed by atoms with van der Waals surface area (Å²) in [4.78, 5) is 38.2. The number of rotatable bonds is 4. The fourth-order valence-corrected chi connectivity index (χ4v) is 3.01. The monoisotopic (exact) mass is 343 g/mol. The van der Waals surface area contributed by atoms with Gasteiger partial charge in [-0.05, 0) is 37.0 Å². The molecule has 132 valence electrons. The van der Waals surface area contributed by atoms with Crippen LogP contribution >= 0.6 is 0 Å². The third-order valence-electron chi connectivity index (χ3n) is 4.59.